The van der Waals surface area contributed by atoms with Crippen molar-refractivity contribution in [2.24, 2.45) is 23.0 Å². The summed E-state index contributed by atoms with van der Waals surface area (Å²) >= 11 is 0. The molecule has 1 aliphatic rings. The summed E-state index contributed by atoms with van der Waals surface area (Å²) in [5.41, 5.74) is 6.44. The van der Waals surface area contributed by atoms with Gasteiger partial charge in [0.1, 0.15) is 0 Å². The molecule has 1 saturated carbocycles. The van der Waals surface area contributed by atoms with Crippen molar-refractivity contribution in [1.82, 2.24) is 5.06 Å². The average molecular weight is 214 g/mol. The molecule has 1 fully saturated rings. The van der Waals surface area contributed by atoms with Gasteiger partial charge in [-0.1, -0.05) is 20.8 Å². The normalized spacial score (nSPS) is 35.8. The topological polar surface area (TPSA) is 38.5 Å². The Morgan fingerprint density at radius 2 is 2.00 bits per heavy atom. The Hall–Kier alpha value is -0.120. The molecule has 0 heterocycles. The van der Waals surface area contributed by atoms with Gasteiger partial charge in [-0.05, 0) is 30.1 Å². The van der Waals surface area contributed by atoms with Gasteiger partial charge in [0, 0.05) is 19.6 Å². The fraction of sp³-hybridized carbons (Fsp3) is 1.00. The van der Waals surface area contributed by atoms with Crippen molar-refractivity contribution < 1.29 is 4.84 Å². The van der Waals surface area contributed by atoms with Crippen molar-refractivity contribution in [3.8, 4) is 0 Å². The van der Waals surface area contributed by atoms with Gasteiger partial charge in [0.05, 0.1) is 7.11 Å². The lowest BCUT2D eigenvalue weighted by Crippen LogP contribution is -2.49. The van der Waals surface area contributed by atoms with E-state index in [4.69, 9.17) is 10.6 Å². The number of nitrogens with two attached hydrogens (primary N) is 1. The monoisotopic (exact) mass is 214 g/mol. The van der Waals surface area contributed by atoms with Crippen LogP contribution in [-0.2, 0) is 4.84 Å². The smallest absolute Gasteiger partial charge is 0.0575 e. The predicted molar refractivity (Wildman–Crippen MR) is 63.3 cm³/mol. The molecule has 1 aliphatic carbocycles. The summed E-state index contributed by atoms with van der Waals surface area (Å²) in [6.07, 6.45) is 2.36. The van der Waals surface area contributed by atoms with Crippen molar-refractivity contribution in [2.75, 3.05) is 20.7 Å². The lowest BCUT2D eigenvalue weighted by atomic mass is 9.61. The molecule has 2 N–H and O–H groups in total. The average Bonchev–Trinajstić information content (AvgIpc) is 2.19. The van der Waals surface area contributed by atoms with E-state index in [2.05, 4.69) is 20.8 Å². The zero-order valence-electron chi connectivity index (χ0n) is 10.8. The summed E-state index contributed by atoms with van der Waals surface area (Å²) < 4.78 is 0. The number of hydrogen-bond acceptors (Lipinski definition) is 3. The van der Waals surface area contributed by atoms with Crippen molar-refractivity contribution in [3.63, 3.8) is 0 Å². The second-order valence-electron chi connectivity index (χ2n) is 5.54. The van der Waals surface area contributed by atoms with E-state index in [1.807, 2.05) is 12.1 Å². The predicted octanol–water partition coefficient (Wildman–Crippen LogP) is 1.88. The zero-order chi connectivity index (χ0) is 11.6. The highest BCUT2D eigenvalue weighted by Crippen LogP contribution is 2.44. The highest BCUT2D eigenvalue weighted by atomic mass is 16.7. The summed E-state index contributed by atoms with van der Waals surface area (Å²) in [5.74, 6) is 1.26. The van der Waals surface area contributed by atoms with Crippen LogP contribution in [0.3, 0.4) is 0 Å². The first kappa shape index (κ1) is 12.9. The van der Waals surface area contributed by atoms with Crippen LogP contribution in [0.5, 0.6) is 0 Å². The van der Waals surface area contributed by atoms with Gasteiger partial charge < -0.3 is 10.6 Å². The van der Waals surface area contributed by atoms with Gasteiger partial charge >= 0.3 is 0 Å². The zero-order valence-corrected chi connectivity index (χ0v) is 10.8. The van der Waals surface area contributed by atoms with Gasteiger partial charge in [-0.3, -0.25) is 0 Å². The number of nitrogens with zero attached hydrogens (tertiary/aromatic N) is 1. The third kappa shape index (κ3) is 2.71. The molecule has 0 aliphatic heterocycles. The van der Waals surface area contributed by atoms with Crippen LogP contribution in [0.25, 0.3) is 0 Å². The van der Waals surface area contributed by atoms with E-state index >= 15 is 0 Å². The molecule has 3 heteroatoms. The van der Waals surface area contributed by atoms with Crippen LogP contribution < -0.4 is 5.73 Å². The molecule has 15 heavy (non-hydrogen) atoms. The molecule has 1 rings (SSSR count). The minimum atomic E-state index is 0.310. The largest absolute Gasteiger partial charge is 0.327 e. The van der Waals surface area contributed by atoms with E-state index in [1.165, 1.54) is 6.42 Å². The third-order valence-electron chi connectivity index (χ3n) is 4.51. The summed E-state index contributed by atoms with van der Waals surface area (Å²) in [6.45, 7) is 7.96. The van der Waals surface area contributed by atoms with Crippen LogP contribution in [0.1, 0.15) is 33.6 Å². The Morgan fingerprint density at radius 3 is 2.53 bits per heavy atom. The van der Waals surface area contributed by atoms with E-state index < -0.39 is 0 Å². The molecular formula is C12H26N2O. The molecule has 0 amide bonds. The first-order valence-corrected chi connectivity index (χ1v) is 5.90. The molecule has 0 aromatic heterocycles. The highest BCUT2D eigenvalue weighted by Gasteiger charge is 2.41. The van der Waals surface area contributed by atoms with Crippen LogP contribution >= 0.6 is 0 Å². The lowest BCUT2D eigenvalue weighted by molar-refractivity contribution is -0.135. The molecule has 0 spiro atoms. The van der Waals surface area contributed by atoms with Crippen molar-refractivity contribution >= 4 is 0 Å². The Morgan fingerprint density at radius 1 is 1.40 bits per heavy atom. The maximum Gasteiger partial charge on any atom is 0.0575 e. The van der Waals surface area contributed by atoms with Crippen LogP contribution in [0.4, 0.5) is 0 Å². The van der Waals surface area contributed by atoms with E-state index in [0.717, 1.165) is 13.0 Å². The molecule has 0 aromatic rings. The number of hydroxylamine groups is 2. The summed E-state index contributed by atoms with van der Waals surface area (Å²) in [5, 5.41) is 1.93. The summed E-state index contributed by atoms with van der Waals surface area (Å²) in [7, 11) is 3.72. The Bertz CT molecular complexity index is 206. The fourth-order valence-corrected chi connectivity index (χ4v) is 2.65. The van der Waals surface area contributed by atoms with Crippen molar-refractivity contribution in [3.05, 3.63) is 0 Å². The molecule has 0 bridgehead atoms. The first-order valence-electron chi connectivity index (χ1n) is 5.90. The SMILES string of the molecule is CON(C)CC1CCC(N)C(C)C1(C)C. The van der Waals surface area contributed by atoms with Gasteiger partial charge in [-0.2, -0.15) is 5.06 Å². The van der Waals surface area contributed by atoms with E-state index in [9.17, 15) is 0 Å². The van der Waals surface area contributed by atoms with Gasteiger partial charge in [-0.25, -0.2) is 0 Å². The quantitative estimate of drug-likeness (QED) is 0.729. The van der Waals surface area contributed by atoms with Gasteiger partial charge in [0.15, 0.2) is 0 Å². The number of rotatable bonds is 3. The molecule has 3 nitrogen and oxygen atoms in total. The molecule has 0 radical (unpaired) electrons. The highest BCUT2D eigenvalue weighted by molar-refractivity contribution is 4.93. The third-order valence-corrected chi connectivity index (χ3v) is 4.51. The van der Waals surface area contributed by atoms with Gasteiger partial charge in [0.25, 0.3) is 0 Å². The molecule has 0 aromatic carbocycles. The van der Waals surface area contributed by atoms with E-state index in [1.54, 1.807) is 7.11 Å². The maximum absolute atomic E-state index is 6.13. The van der Waals surface area contributed by atoms with Crippen LogP contribution in [0.2, 0.25) is 0 Å². The molecule has 0 saturated heterocycles. The lowest BCUT2D eigenvalue weighted by Gasteiger charge is -2.47. The first-order chi connectivity index (χ1) is 6.89. The van der Waals surface area contributed by atoms with Crippen molar-refractivity contribution in [1.29, 1.82) is 0 Å². The van der Waals surface area contributed by atoms with Crippen LogP contribution in [0, 0.1) is 17.3 Å². The minimum absolute atomic E-state index is 0.310. The standard InChI is InChI=1S/C12H26N2O/c1-9-11(13)7-6-10(12(9,2)3)8-14(4)15-5/h9-11H,6-8,13H2,1-5H3. The van der Waals surface area contributed by atoms with Gasteiger partial charge in [-0.15, -0.1) is 0 Å². The second kappa shape index (κ2) is 4.81. The Labute approximate surface area is 93.9 Å². The van der Waals surface area contributed by atoms with Crippen LogP contribution in [0.15, 0.2) is 0 Å². The summed E-state index contributed by atoms with van der Waals surface area (Å²) in [6, 6.07) is 0.365. The van der Waals surface area contributed by atoms with Crippen LogP contribution in [-0.4, -0.2) is 31.8 Å². The summed E-state index contributed by atoms with van der Waals surface area (Å²) in [4.78, 5) is 5.21. The molecular weight excluding hydrogens is 188 g/mol. The van der Waals surface area contributed by atoms with E-state index in [0.29, 0.717) is 23.3 Å². The second-order valence-corrected chi connectivity index (χ2v) is 5.54. The van der Waals surface area contributed by atoms with E-state index in [-0.39, 0.29) is 0 Å². The van der Waals surface area contributed by atoms with Gasteiger partial charge in [0.2, 0.25) is 0 Å². The molecule has 3 atom stereocenters. The molecule has 3 unspecified atom stereocenters. The molecule has 90 valence electrons. The Kier molecular flexibility index (Phi) is 4.15. The maximum atomic E-state index is 6.13. The Balaban J connectivity index is 2.65. The minimum Gasteiger partial charge on any atom is -0.327 e. The van der Waals surface area contributed by atoms with Crippen molar-refractivity contribution in [2.45, 2.75) is 39.7 Å². The fourth-order valence-electron chi connectivity index (χ4n) is 2.65. The number of hydrogen-bond donors (Lipinski definition) is 1.